The first-order valence-electron chi connectivity index (χ1n) is 5.96. The summed E-state index contributed by atoms with van der Waals surface area (Å²) in [5.74, 6) is 0.676. The molecule has 1 aliphatic carbocycles. The Hall–Kier alpha value is -0.220. The van der Waals surface area contributed by atoms with E-state index in [0.29, 0.717) is 17.1 Å². The Bertz CT molecular complexity index is 305. The van der Waals surface area contributed by atoms with Gasteiger partial charge in [0.2, 0.25) is 0 Å². The van der Waals surface area contributed by atoms with Gasteiger partial charge in [-0.2, -0.15) is 0 Å². The van der Waals surface area contributed by atoms with Crippen LogP contribution in [-0.4, -0.2) is 27.7 Å². The molecular formula is C12H21NO2S. The minimum atomic E-state index is -0.708. The Balaban J connectivity index is 2.11. The third-order valence-corrected chi connectivity index (χ3v) is 5.09. The Labute approximate surface area is 101 Å². The fourth-order valence-electron chi connectivity index (χ4n) is 3.49. The lowest BCUT2D eigenvalue weighted by atomic mass is 9.70. The van der Waals surface area contributed by atoms with Gasteiger partial charge in [0.1, 0.15) is 6.04 Å². The van der Waals surface area contributed by atoms with Crippen molar-refractivity contribution in [3.05, 3.63) is 0 Å². The van der Waals surface area contributed by atoms with E-state index in [1.807, 2.05) is 11.8 Å². The van der Waals surface area contributed by atoms with Gasteiger partial charge in [-0.1, -0.05) is 20.8 Å². The number of aliphatic carboxylic acids is 1. The molecule has 0 aromatic heterocycles. The summed E-state index contributed by atoms with van der Waals surface area (Å²) >= 11 is 1.82. The number of hydrogen-bond acceptors (Lipinski definition) is 3. The number of carboxylic acid groups (broad SMARTS) is 1. The molecule has 1 heterocycles. The van der Waals surface area contributed by atoms with Gasteiger partial charge in [-0.3, -0.25) is 10.1 Å². The highest BCUT2D eigenvalue weighted by atomic mass is 32.2. The number of thioether (sulfide) groups is 1. The first-order valence-corrected chi connectivity index (χ1v) is 6.95. The second-order valence-corrected chi connectivity index (χ2v) is 7.60. The van der Waals surface area contributed by atoms with Crippen LogP contribution in [0.3, 0.4) is 0 Å². The molecule has 2 unspecified atom stereocenters. The summed E-state index contributed by atoms with van der Waals surface area (Å²) in [6.45, 7) is 6.86. The molecule has 3 nitrogen and oxygen atoms in total. The summed E-state index contributed by atoms with van der Waals surface area (Å²) in [6, 6.07) is -0.355. The number of rotatable bonds is 1. The Morgan fingerprint density at radius 2 is 2.12 bits per heavy atom. The van der Waals surface area contributed by atoms with Crippen molar-refractivity contribution in [2.24, 2.45) is 11.3 Å². The molecule has 0 bridgehead atoms. The predicted molar refractivity (Wildman–Crippen MR) is 66.5 cm³/mol. The fraction of sp³-hybridized carbons (Fsp3) is 0.917. The minimum Gasteiger partial charge on any atom is -0.480 e. The van der Waals surface area contributed by atoms with Crippen molar-refractivity contribution in [3.63, 3.8) is 0 Å². The predicted octanol–water partition coefficient (Wildman–Crippen LogP) is 2.32. The number of carboxylic acids is 1. The van der Waals surface area contributed by atoms with Gasteiger partial charge in [-0.25, -0.2) is 0 Å². The highest BCUT2D eigenvalue weighted by Crippen LogP contribution is 2.51. The molecule has 0 aromatic carbocycles. The topological polar surface area (TPSA) is 49.3 Å². The van der Waals surface area contributed by atoms with E-state index < -0.39 is 5.97 Å². The second kappa shape index (κ2) is 3.91. The van der Waals surface area contributed by atoms with Gasteiger partial charge in [0.15, 0.2) is 0 Å². The van der Waals surface area contributed by atoms with Gasteiger partial charge in [0, 0.05) is 5.75 Å². The third-order valence-electron chi connectivity index (χ3n) is 3.61. The van der Waals surface area contributed by atoms with E-state index in [0.717, 1.165) is 12.8 Å². The van der Waals surface area contributed by atoms with Crippen molar-refractivity contribution in [2.75, 3.05) is 5.75 Å². The maximum atomic E-state index is 11.0. The Morgan fingerprint density at radius 3 is 2.62 bits per heavy atom. The van der Waals surface area contributed by atoms with Gasteiger partial charge < -0.3 is 5.11 Å². The zero-order chi connectivity index (χ0) is 12.0. The molecule has 1 spiro atoms. The largest absolute Gasteiger partial charge is 0.480 e. The minimum absolute atomic E-state index is 0.0181. The Morgan fingerprint density at radius 1 is 1.44 bits per heavy atom. The van der Waals surface area contributed by atoms with E-state index in [4.69, 9.17) is 5.11 Å². The zero-order valence-corrected chi connectivity index (χ0v) is 11.1. The normalized spacial score (nSPS) is 42.4. The highest BCUT2D eigenvalue weighted by Gasteiger charge is 2.48. The van der Waals surface area contributed by atoms with Crippen LogP contribution in [0.2, 0.25) is 0 Å². The lowest BCUT2D eigenvalue weighted by Crippen LogP contribution is -2.51. The molecule has 1 saturated carbocycles. The molecule has 4 heteroatoms. The van der Waals surface area contributed by atoms with Crippen molar-refractivity contribution in [3.8, 4) is 0 Å². The maximum Gasteiger partial charge on any atom is 0.321 e. The summed E-state index contributed by atoms with van der Waals surface area (Å²) in [6.07, 6.45) is 3.43. The lowest BCUT2D eigenvalue weighted by molar-refractivity contribution is -0.139. The number of hydrogen-bond donors (Lipinski definition) is 2. The lowest BCUT2D eigenvalue weighted by Gasteiger charge is -2.45. The quantitative estimate of drug-likeness (QED) is 0.742. The van der Waals surface area contributed by atoms with Crippen molar-refractivity contribution >= 4 is 17.7 Å². The van der Waals surface area contributed by atoms with Crippen LogP contribution in [0.1, 0.15) is 40.0 Å². The van der Waals surface area contributed by atoms with Crippen molar-refractivity contribution in [2.45, 2.75) is 50.9 Å². The molecule has 3 atom stereocenters. The SMILES string of the molecule is CC1CC(C)(C)CC2(C1)N[C@H](C(=O)O)CS2. The summed E-state index contributed by atoms with van der Waals surface area (Å²) in [4.78, 5) is 11.0. The molecule has 2 N–H and O–H groups in total. The average Bonchev–Trinajstić information content (AvgIpc) is 2.44. The van der Waals surface area contributed by atoms with Crippen molar-refractivity contribution < 1.29 is 9.90 Å². The van der Waals surface area contributed by atoms with E-state index in [1.54, 1.807) is 0 Å². The van der Waals surface area contributed by atoms with Crippen LogP contribution < -0.4 is 5.32 Å². The molecule has 2 fully saturated rings. The standard InChI is InChI=1S/C12H21NO2S/c1-8-4-11(2,3)7-12(5-8)13-9(6-16-12)10(14)15/h8-9,13H,4-7H2,1-3H3,(H,14,15)/t8?,9-,12?/m0/s1. The molecular weight excluding hydrogens is 222 g/mol. The number of nitrogens with one attached hydrogen (secondary N) is 1. The number of carbonyl (C=O) groups is 1. The summed E-state index contributed by atoms with van der Waals surface area (Å²) in [5, 5.41) is 12.4. The van der Waals surface area contributed by atoms with Crippen LogP contribution in [0.5, 0.6) is 0 Å². The third kappa shape index (κ3) is 2.38. The smallest absolute Gasteiger partial charge is 0.321 e. The van der Waals surface area contributed by atoms with E-state index in [1.165, 1.54) is 6.42 Å². The van der Waals surface area contributed by atoms with Gasteiger partial charge in [0.05, 0.1) is 4.87 Å². The molecule has 2 aliphatic rings. The molecule has 0 aromatic rings. The maximum absolute atomic E-state index is 11.0. The van der Waals surface area contributed by atoms with E-state index in [2.05, 4.69) is 26.1 Å². The highest BCUT2D eigenvalue weighted by molar-refractivity contribution is 8.01. The van der Waals surface area contributed by atoms with E-state index in [-0.39, 0.29) is 10.9 Å². The summed E-state index contributed by atoms with van der Waals surface area (Å²) in [7, 11) is 0. The van der Waals surface area contributed by atoms with E-state index >= 15 is 0 Å². The van der Waals surface area contributed by atoms with E-state index in [9.17, 15) is 4.79 Å². The first-order chi connectivity index (χ1) is 7.32. The Kier molecular flexibility index (Phi) is 2.99. The summed E-state index contributed by atoms with van der Waals surface area (Å²) in [5.41, 5.74) is 0.324. The van der Waals surface area contributed by atoms with Crippen LogP contribution in [0.25, 0.3) is 0 Å². The average molecular weight is 243 g/mol. The van der Waals surface area contributed by atoms with Gasteiger partial charge in [0.25, 0.3) is 0 Å². The monoisotopic (exact) mass is 243 g/mol. The van der Waals surface area contributed by atoms with Gasteiger partial charge in [-0.15, -0.1) is 11.8 Å². The molecule has 0 amide bonds. The fourth-order valence-corrected chi connectivity index (χ4v) is 5.32. The van der Waals surface area contributed by atoms with Gasteiger partial charge in [-0.05, 0) is 30.6 Å². The van der Waals surface area contributed by atoms with Crippen molar-refractivity contribution in [1.82, 2.24) is 5.32 Å². The molecule has 2 rings (SSSR count). The first kappa shape index (κ1) is 12.2. The van der Waals surface area contributed by atoms with Crippen LogP contribution >= 0.6 is 11.8 Å². The zero-order valence-electron chi connectivity index (χ0n) is 10.2. The molecule has 16 heavy (non-hydrogen) atoms. The van der Waals surface area contributed by atoms with Gasteiger partial charge >= 0.3 is 5.97 Å². The molecule has 1 saturated heterocycles. The van der Waals surface area contributed by atoms with Crippen LogP contribution in [0.4, 0.5) is 0 Å². The van der Waals surface area contributed by atoms with Crippen molar-refractivity contribution in [1.29, 1.82) is 0 Å². The second-order valence-electron chi connectivity index (χ2n) is 6.19. The van der Waals surface area contributed by atoms with Crippen LogP contribution in [-0.2, 0) is 4.79 Å². The molecule has 92 valence electrons. The summed E-state index contributed by atoms with van der Waals surface area (Å²) < 4.78 is 0. The molecule has 1 aliphatic heterocycles. The van der Waals surface area contributed by atoms with Crippen LogP contribution in [0, 0.1) is 11.3 Å². The van der Waals surface area contributed by atoms with Crippen LogP contribution in [0.15, 0.2) is 0 Å². The molecule has 0 radical (unpaired) electrons.